The van der Waals surface area contributed by atoms with Crippen LogP contribution in [-0.4, -0.2) is 52.3 Å². The number of carbonyl (C=O) groups excluding carboxylic acids is 1. The molecule has 1 aliphatic heterocycles. The van der Waals surface area contributed by atoms with Crippen molar-refractivity contribution in [1.29, 1.82) is 0 Å². The molecule has 0 aliphatic carbocycles. The first-order valence-corrected chi connectivity index (χ1v) is 8.78. The number of carbonyl (C=O) groups is 1. The highest BCUT2D eigenvalue weighted by Gasteiger charge is 2.35. The van der Waals surface area contributed by atoms with Gasteiger partial charge >= 0.3 is 0 Å². The maximum Gasteiger partial charge on any atom is 0.289 e. The summed E-state index contributed by atoms with van der Waals surface area (Å²) in [6.45, 7) is 4.90. The van der Waals surface area contributed by atoms with E-state index in [1.165, 1.54) is 0 Å². The van der Waals surface area contributed by atoms with Crippen molar-refractivity contribution < 1.29 is 13.9 Å². The quantitative estimate of drug-likeness (QED) is 0.779. The van der Waals surface area contributed by atoms with Crippen molar-refractivity contribution in [3.8, 4) is 0 Å². The van der Waals surface area contributed by atoms with Crippen LogP contribution in [0.5, 0.6) is 0 Å². The van der Waals surface area contributed by atoms with E-state index in [2.05, 4.69) is 15.2 Å². The first kappa shape index (κ1) is 16.8. The maximum absolute atomic E-state index is 12.9. The van der Waals surface area contributed by atoms with Gasteiger partial charge in [0.15, 0.2) is 11.6 Å². The summed E-state index contributed by atoms with van der Waals surface area (Å²) in [7, 11) is 1.77. The molecule has 0 radical (unpaired) electrons. The van der Waals surface area contributed by atoms with Crippen LogP contribution in [0.1, 0.15) is 40.1 Å². The summed E-state index contributed by atoms with van der Waals surface area (Å²) in [4.78, 5) is 19.0. The van der Waals surface area contributed by atoms with E-state index in [0.29, 0.717) is 18.9 Å². The fourth-order valence-electron chi connectivity index (χ4n) is 3.55. The van der Waals surface area contributed by atoms with Crippen LogP contribution in [0.15, 0.2) is 28.7 Å². The third kappa shape index (κ3) is 2.88. The Morgan fingerprint density at radius 3 is 2.88 bits per heavy atom. The molecule has 0 bridgehead atoms. The van der Waals surface area contributed by atoms with Gasteiger partial charge in [-0.05, 0) is 26.3 Å². The number of H-pyrrole nitrogens is 1. The van der Waals surface area contributed by atoms with Crippen molar-refractivity contribution in [2.24, 2.45) is 0 Å². The summed E-state index contributed by atoms with van der Waals surface area (Å²) < 4.78 is 11.7. The molecule has 1 amide bonds. The lowest BCUT2D eigenvalue weighted by molar-refractivity contribution is 0.0529. The van der Waals surface area contributed by atoms with Crippen LogP contribution < -0.4 is 0 Å². The van der Waals surface area contributed by atoms with E-state index in [1.54, 1.807) is 11.9 Å². The number of likely N-dealkylation sites (N-methyl/N-ethyl adjacent to an activating group) is 1. The lowest BCUT2D eigenvalue weighted by Gasteiger charge is -2.23. The van der Waals surface area contributed by atoms with Crippen LogP contribution in [0.4, 0.5) is 0 Å². The summed E-state index contributed by atoms with van der Waals surface area (Å²) in [5.74, 6) is 1.88. The molecule has 136 valence electrons. The number of benzene rings is 1. The zero-order valence-electron chi connectivity index (χ0n) is 15.2. The number of furan rings is 1. The minimum atomic E-state index is -0.140. The van der Waals surface area contributed by atoms with Gasteiger partial charge in [0.1, 0.15) is 11.4 Å². The van der Waals surface area contributed by atoms with Gasteiger partial charge in [0.2, 0.25) is 0 Å². The number of ether oxygens (including phenoxy) is 1. The Hall–Kier alpha value is -2.67. The van der Waals surface area contributed by atoms with Crippen molar-refractivity contribution in [2.75, 3.05) is 20.2 Å². The van der Waals surface area contributed by atoms with E-state index < -0.39 is 0 Å². The zero-order chi connectivity index (χ0) is 18.3. The van der Waals surface area contributed by atoms with Crippen LogP contribution in [0.3, 0.4) is 0 Å². The number of aromatic amines is 1. The molecule has 1 N–H and O–H groups in total. The van der Waals surface area contributed by atoms with Gasteiger partial charge in [-0.15, -0.1) is 0 Å². The molecule has 7 nitrogen and oxygen atoms in total. The Morgan fingerprint density at radius 1 is 1.35 bits per heavy atom. The molecule has 7 heteroatoms. The highest BCUT2D eigenvalue weighted by atomic mass is 16.5. The third-order valence-electron chi connectivity index (χ3n) is 4.99. The second-order valence-corrected chi connectivity index (χ2v) is 6.82. The number of nitrogens with zero attached hydrogens (tertiary/aromatic N) is 3. The van der Waals surface area contributed by atoms with Crippen molar-refractivity contribution in [2.45, 2.75) is 32.3 Å². The van der Waals surface area contributed by atoms with Crippen LogP contribution in [-0.2, 0) is 4.74 Å². The van der Waals surface area contributed by atoms with Crippen LogP contribution in [0, 0.1) is 13.8 Å². The van der Waals surface area contributed by atoms with E-state index in [4.69, 9.17) is 9.15 Å². The predicted octanol–water partition coefficient (Wildman–Crippen LogP) is 2.81. The number of nitrogens with one attached hydrogen (secondary N) is 1. The predicted molar refractivity (Wildman–Crippen MR) is 96.1 cm³/mol. The summed E-state index contributed by atoms with van der Waals surface area (Å²) in [5.41, 5.74) is 1.60. The van der Waals surface area contributed by atoms with Gasteiger partial charge in [-0.1, -0.05) is 18.2 Å². The number of rotatable bonds is 4. The molecule has 2 aromatic heterocycles. The monoisotopic (exact) mass is 354 g/mol. The second-order valence-electron chi connectivity index (χ2n) is 6.82. The first-order chi connectivity index (χ1) is 12.5. The number of hydrogen-bond acceptors (Lipinski definition) is 5. The summed E-state index contributed by atoms with van der Waals surface area (Å²) in [6.07, 6.45) is 0.733. The Balaban J connectivity index is 1.52. The maximum atomic E-state index is 12.9. The Kier molecular flexibility index (Phi) is 4.24. The Morgan fingerprint density at radius 2 is 2.15 bits per heavy atom. The summed E-state index contributed by atoms with van der Waals surface area (Å²) in [6, 6.07) is 7.69. The van der Waals surface area contributed by atoms with Crippen molar-refractivity contribution >= 4 is 16.9 Å². The molecule has 1 aliphatic rings. The molecule has 1 fully saturated rings. The molecule has 3 heterocycles. The molecule has 1 saturated heterocycles. The Bertz CT molecular complexity index is 945. The lowest BCUT2D eigenvalue weighted by Crippen LogP contribution is -2.36. The average Bonchev–Trinajstić information content (AvgIpc) is 3.34. The number of aryl methyl sites for hydroxylation is 2. The van der Waals surface area contributed by atoms with Gasteiger partial charge < -0.3 is 14.1 Å². The van der Waals surface area contributed by atoms with Gasteiger partial charge in [-0.25, -0.2) is 4.98 Å². The van der Waals surface area contributed by atoms with E-state index in [0.717, 1.165) is 34.6 Å². The van der Waals surface area contributed by atoms with E-state index in [-0.39, 0.29) is 17.9 Å². The fraction of sp³-hybridized carbons (Fsp3) is 0.421. The van der Waals surface area contributed by atoms with Crippen molar-refractivity contribution in [3.05, 3.63) is 47.2 Å². The smallest absolute Gasteiger partial charge is 0.289 e. The fourth-order valence-corrected chi connectivity index (χ4v) is 3.55. The number of hydrogen-bond donors (Lipinski definition) is 1. The SMILES string of the molecule is Cc1nc([C@@H]2CCO[C@@H]2CN(C)C(=O)c2oc3ccccc3c2C)n[nH]1. The number of para-hydroxylation sites is 1. The van der Waals surface area contributed by atoms with Gasteiger partial charge in [0.05, 0.1) is 12.0 Å². The van der Waals surface area contributed by atoms with Crippen LogP contribution in [0.25, 0.3) is 11.0 Å². The molecule has 26 heavy (non-hydrogen) atoms. The van der Waals surface area contributed by atoms with Gasteiger partial charge in [0.25, 0.3) is 5.91 Å². The van der Waals surface area contributed by atoms with E-state index >= 15 is 0 Å². The minimum absolute atomic E-state index is 0.0898. The van der Waals surface area contributed by atoms with Crippen LogP contribution in [0.2, 0.25) is 0 Å². The molecular weight excluding hydrogens is 332 g/mol. The standard InChI is InChI=1S/C19H22N4O3/c1-11-13-6-4-5-7-15(13)26-17(11)19(24)23(3)10-16-14(8-9-25-16)18-20-12(2)21-22-18/h4-7,14,16H,8-10H2,1-3H3,(H,20,21,22)/t14-,16-/m1/s1. The van der Waals surface area contributed by atoms with Gasteiger partial charge in [-0.3, -0.25) is 9.89 Å². The molecular formula is C19H22N4O3. The minimum Gasteiger partial charge on any atom is -0.451 e. The topological polar surface area (TPSA) is 84.2 Å². The van der Waals surface area contributed by atoms with E-state index in [9.17, 15) is 4.79 Å². The normalized spacial score (nSPS) is 20.0. The Labute approximate surface area is 151 Å². The van der Waals surface area contributed by atoms with Crippen molar-refractivity contribution in [1.82, 2.24) is 20.1 Å². The number of aromatic nitrogens is 3. The number of amides is 1. The molecule has 3 aromatic rings. The molecule has 0 spiro atoms. The first-order valence-electron chi connectivity index (χ1n) is 8.78. The van der Waals surface area contributed by atoms with Gasteiger partial charge in [0, 0.05) is 31.1 Å². The van der Waals surface area contributed by atoms with E-state index in [1.807, 2.05) is 38.1 Å². The summed E-state index contributed by atoms with van der Waals surface area (Å²) >= 11 is 0. The highest BCUT2D eigenvalue weighted by molar-refractivity contribution is 5.98. The second kappa shape index (κ2) is 6.57. The highest BCUT2D eigenvalue weighted by Crippen LogP contribution is 2.30. The van der Waals surface area contributed by atoms with Crippen LogP contribution >= 0.6 is 0 Å². The molecule has 4 rings (SSSR count). The number of fused-ring (bicyclic) bond motifs is 1. The molecule has 0 saturated carbocycles. The molecule has 2 atom stereocenters. The zero-order valence-corrected chi connectivity index (χ0v) is 15.2. The molecule has 0 unspecified atom stereocenters. The summed E-state index contributed by atoms with van der Waals surface area (Å²) in [5, 5.41) is 8.11. The van der Waals surface area contributed by atoms with Gasteiger partial charge in [-0.2, -0.15) is 5.10 Å². The molecule has 1 aromatic carbocycles. The third-order valence-corrected chi connectivity index (χ3v) is 4.99. The largest absolute Gasteiger partial charge is 0.451 e. The lowest BCUT2D eigenvalue weighted by atomic mass is 10.0. The van der Waals surface area contributed by atoms with Crippen molar-refractivity contribution in [3.63, 3.8) is 0 Å². The average molecular weight is 354 g/mol.